The van der Waals surface area contributed by atoms with E-state index in [-0.39, 0.29) is 46.4 Å². The van der Waals surface area contributed by atoms with Crippen molar-refractivity contribution < 1.29 is 22.4 Å². The van der Waals surface area contributed by atoms with Crippen molar-refractivity contribution >= 4 is 35.1 Å². The second-order valence-electron chi connectivity index (χ2n) is 1.67. The van der Waals surface area contributed by atoms with Gasteiger partial charge in [-0.15, -0.1) is 29.1 Å². The average Bonchev–Trinajstić information content (AvgIpc) is 2.33. The molecule has 0 aromatic carbocycles. The summed E-state index contributed by atoms with van der Waals surface area (Å²) in [4.78, 5) is 6.80. The molecule has 2 rings (SSSR count). The maximum absolute atomic E-state index is 3.89. The number of halogens is 1. The summed E-state index contributed by atoms with van der Waals surface area (Å²) >= 11 is 0. The Bertz CT molecular complexity index is 292. The van der Waals surface area contributed by atoms with E-state index < -0.39 is 0 Å². The third kappa shape index (κ3) is 2.22. The third-order valence-corrected chi connectivity index (χ3v) is 1.11. The summed E-state index contributed by atoms with van der Waals surface area (Å²) in [5.41, 5.74) is 1.59. The van der Waals surface area contributed by atoms with Crippen molar-refractivity contribution in [2.45, 2.75) is 0 Å². The van der Waals surface area contributed by atoms with E-state index in [4.69, 9.17) is 0 Å². The molecule has 0 atom stereocenters. The van der Waals surface area contributed by atoms with Gasteiger partial charge in [0.15, 0.2) is 5.65 Å². The molecule has 0 unspecified atom stereocenters. The van der Waals surface area contributed by atoms with Gasteiger partial charge < -0.3 is 4.98 Å². The molecule has 1 radical (unpaired) electrons. The minimum absolute atomic E-state index is 0. The zero-order chi connectivity index (χ0) is 6.10. The van der Waals surface area contributed by atoms with E-state index in [1.807, 2.05) is 6.07 Å². The van der Waals surface area contributed by atoms with Gasteiger partial charge in [-0.3, -0.25) is 0 Å². The molecule has 2 aromatic rings. The van der Waals surface area contributed by atoms with Crippen LogP contribution in [0.25, 0.3) is 11.2 Å². The van der Waals surface area contributed by atoms with Gasteiger partial charge >= 0.3 is 0 Å². The van der Waals surface area contributed by atoms with Crippen LogP contribution in [0, 0.1) is 0 Å². The standard InChI is InChI=1S/C5H4N4.Ag.HI/c1-2-8-9-5-4(1)6-3-7-5;;/h1-3H,(H,6,7,9);;1H. The fourth-order valence-electron chi connectivity index (χ4n) is 0.695. The molecule has 4 nitrogen and oxygen atoms in total. The largest absolute Gasteiger partial charge is 0.343 e. The first kappa shape index (κ1) is 11.0. The molecule has 1 N–H and O–H groups in total. The molecule has 6 heteroatoms. The summed E-state index contributed by atoms with van der Waals surface area (Å²) in [7, 11) is 0. The van der Waals surface area contributed by atoms with E-state index in [1.165, 1.54) is 0 Å². The fourth-order valence-corrected chi connectivity index (χ4v) is 0.695. The minimum atomic E-state index is 0. The van der Waals surface area contributed by atoms with Gasteiger partial charge in [0.1, 0.15) is 0 Å². The van der Waals surface area contributed by atoms with E-state index in [9.17, 15) is 0 Å². The molecule has 0 saturated carbocycles. The van der Waals surface area contributed by atoms with Gasteiger partial charge in [-0.25, -0.2) is 4.98 Å². The zero-order valence-electron chi connectivity index (χ0n) is 5.28. The Morgan fingerprint density at radius 3 is 2.91 bits per heavy atom. The third-order valence-electron chi connectivity index (χ3n) is 1.11. The van der Waals surface area contributed by atoms with E-state index in [1.54, 1.807) is 12.5 Å². The van der Waals surface area contributed by atoms with Gasteiger partial charge in [0.25, 0.3) is 0 Å². The van der Waals surface area contributed by atoms with Crippen molar-refractivity contribution in [1.82, 2.24) is 20.2 Å². The summed E-state index contributed by atoms with van der Waals surface area (Å²) in [5.74, 6) is 0. The van der Waals surface area contributed by atoms with Gasteiger partial charge in [-0.05, 0) is 6.07 Å². The molecule has 0 bridgehead atoms. The molecule has 63 valence electrons. The first-order valence-corrected chi connectivity index (χ1v) is 2.57. The number of fused-ring (bicyclic) bond motifs is 1. The number of aromatic nitrogens is 4. The van der Waals surface area contributed by atoms with Gasteiger partial charge in [0.05, 0.1) is 18.0 Å². The number of aromatic amines is 1. The average molecular weight is 356 g/mol. The Morgan fingerprint density at radius 1 is 1.36 bits per heavy atom. The van der Waals surface area contributed by atoms with Crippen molar-refractivity contribution in [2.75, 3.05) is 0 Å². The Labute approximate surface area is 95.7 Å². The number of hydrogen-bond acceptors (Lipinski definition) is 3. The summed E-state index contributed by atoms with van der Waals surface area (Å²) in [6.07, 6.45) is 3.22. The van der Waals surface area contributed by atoms with E-state index in [2.05, 4.69) is 20.2 Å². The van der Waals surface area contributed by atoms with Gasteiger partial charge in [-0.1, -0.05) is 0 Å². The maximum Gasteiger partial charge on any atom is 0.199 e. The van der Waals surface area contributed by atoms with Gasteiger partial charge in [0, 0.05) is 22.4 Å². The summed E-state index contributed by atoms with van der Waals surface area (Å²) < 4.78 is 0. The van der Waals surface area contributed by atoms with Gasteiger partial charge in [0.2, 0.25) is 0 Å². The van der Waals surface area contributed by atoms with E-state index >= 15 is 0 Å². The second-order valence-corrected chi connectivity index (χ2v) is 1.67. The molecule has 0 aliphatic heterocycles. The van der Waals surface area contributed by atoms with Crippen molar-refractivity contribution in [3.63, 3.8) is 0 Å². The van der Waals surface area contributed by atoms with Crippen LogP contribution < -0.4 is 0 Å². The van der Waals surface area contributed by atoms with Crippen molar-refractivity contribution in [2.24, 2.45) is 0 Å². The van der Waals surface area contributed by atoms with E-state index in [0.717, 1.165) is 5.52 Å². The number of nitrogens with one attached hydrogen (secondary N) is 1. The minimum Gasteiger partial charge on any atom is -0.343 e. The van der Waals surface area contributed by atoms with Crippen LogP contribution in [0.5, 0.6) is 0 Å². The van der Waals surface area contributed by atoms with Crippen LogP contribution in [0.3, 0.4) is 0 Å². The molecule has 11 heavy (non-hydrogen) atoms. The molecular weight excluding hydrogens is 351 g/mol. The number of H-pyrrole nitrogens is 1. The predicted octanol–water partition coefficient (Wildman–Crippen LogP) is 0.968. The molecule has 0 aliphatic rings. The number of rotatable bonds is 0. The topological polar surface area (TPSA) is 54.5 Å². The Hall–Kier alpha value is 0.0203. The maximum atomic E-state index is 3.89. The number of imidazole rings is 1. The van der Waals surface area contributed by atoms with Crippen molar-refractivity contribution in [3.8, 4) is 0 Å². The van der Waals surface area contributed by atoms with Crippen LogP contribution in [0.4, 0.5) is 0 Å². The molecule has 0 saturated heterocycles. The molecule has 2 aromatic heterocycles. The second kappa shape index (κ2) is 4.81. The quantitative estimate of drug-likeness (QED) is 0.566. The smallest absolute Gasteiger partial charge is 0.199 e. The molecule has 2 heterocycles. The predicted molar refractivity (Wildman–Crippen MR) is 47.1 cm³/mol. The fraction of sp³-hybridized carbons (Fsp3) is 0. The van der Waals surface area contributed by atoms with Gasteiger partial charge in [-0.2, -0.15) is 5.10 Å². The molecular formula is C5H5AgIN4. The Balaban J connectivity index is 0.000000500. The van der Waals surface area contributed by atoms with Crippen LogP contribution in [-0.2, 0) is 22.4 Å². The molecule has 0 spiro atoms. The molecule has 0 amide bonds. The Kier molecular flexibility index (Phi) is 4.82. The summed E-state index contributed by atoms with van der Waals surface area (Å²) in [5, 5.41) is 7.40. The number of hydrogen-bond donors (Lipinski definition) is 1. The molecule has 0 fully saturated rings. The van der Waals surface area contributed by atoms with Crippen LogP contribution in [-0.4, -0.2) is 20.2 Å². The number of nitrogens with zero attached hydrogens (tertiary/aromatic N) is 3. The first-order chi connectivity index (χ1) is 4.47. The molecule has 0 aliphatic carbocycles. The van der Waals surface area contributed by atoms with Crippen LogP contribution in [0.2, 0.25) is 0 Å². The van der Waals surface area contributed by atoms with Crippen LogP contribution >= 0.6 is 24.0 Å². The van der Waals surface area contributed by atoms with E-state index in [0.29, 0.717) is 5.65 Å². The Morgan fingerprint density at radius 2 is 2.18 bits per heavy atom. The van der Waals surface area contributed by atoms with Crippen LogP contribution in [0.1, 0.15) is 0 Å². The monoisotopic (exact) mass is 355 g/mol. The SMILES string of the molecule is I.[Ag].c1cc2[nH]cnc2nn1. The zero-order valence-corrected chi connectivity index (χ0v) is 9.10. The summed E-state index contributed by atoms with van der Waals surface area (Å²) in [6, 6.07) is 1.83. The van der Waals surface area contributed by atoms with Crippen LogP contribution in [0.15, 0.2) is 18.6 Å². The summed E-state index contributed by atoms with van der Waals surface area (Å²) in [6.45, 7) is 0. The first-order valence-electron chi connectivity index (χ1n) is 2.57. The normalized spacial score (nSPS) is 8.36. The van der Waals surface area contributed by atoms with Crippen molar-refractivity contribution in [3.05, 3.63) is 18.6 Å². The van der Waals surface area contributed by atoms with Crippen molar-refractivity contribution in [1.29, 1.82) is 0 Å².